The molecule has 1 fully saturated rings. The number of amides is 2. The Kier molecular flexibility index (Phi) is 6.18. The minimum absolute atomic E-state index is 0.0901. The Balaban J connectivity index is 1.81. The van der Waals surface area contributed by atoms with Crippen LogP contribution in [0.15, 0.2) is 54.1 Å². The largest absolute Gasteiger partial charge is 0.496 e. The summed E-state index contributed by atoms with van der Waals surface area (Å²) in [5.41, 5.74) is 1.44. The van der Waals surface area contributed by atoms with Gasteiger partial charge in [-0.1, -0.05) is 12.1 Å². The number of rotatable bonds is 5. The number of aromatic nitrogens is 1. The molecule has 2 aromatic carbocycles. The SMILES string of the molecule is COc1ccc(-n2c(C)cc(C=C3C(=O)NC(=S)N(c4ccccc4F)C3=O)c2C)c([N+](=O)[O-])c1. The van der Waals surface area contributed by atoms with Crippen molar-refractivity contribution in [3.8, 4) is 11.4 Å². The lowest BCUT2D eigenvalue weighted by Crippen LogP contribution is -2.54. The summed E-state index contributed by atoms with van der Waals surface area (Å²) in [5.74, 6) is -1.86. The van der Waals surface area contributed by atoms with Gasteiger partial charge in [0.25, 0.3) is 17.5 Å². The molecule has 0 unspecified atom stereocenters. The Morgan fingerprint density at radius 2 is 1.83 bits per heavy atom. The molecule has 1 aromatic heterocycles. The number of hydrogen-bond donors (Lipinski definition) is 1. The fourth-order valence-corrected chi connectivity index (χ4v) is 4.21. The molecule has 0 atom stereocenters. The molecule has 0 aliphatic carbocycles. The van der Waals surface area contributed by atoms with E-state index in [1.807, 2.05) is 0 Å². The van der Waals surface area contributed by atoms with Crippen LogP contribution in [0.25, 0.3) is 11.8 Å². The first-order chi connectivity index (χ1) is 16.6. The highest BCUT2D eigenvalue weighted by atomic mass is 32.1. The van der Waals surface area contributed by atoms with E-state index in [-0.39, 0.29) is 22.1 Å². The Morgan fingerprint density at radius 3 is 2.49 bits per heavy atom. The number of methoxy groups -OCH3 is 1. The molecule has 35 heavy (non-hydrogen) atoms. The summed E-state index contributed by atoms with van der Waals surface area (Å²) in [6.45, 7) is 3.45. The normalized spacial score (nSPS) is 14.9. The van der Waals surface area contributed by atoms with Crippen molar-refractivity contribution < 1.29 is 23.6 Å². The predicted octanol–water partition coefficient (Wildman–Crippen LogP) is 3.98. The van der Waals surface area contributed by atoms with Gasteiger partial charge in [-0.3, -0.25) is 25.0 Å². The number of carbonyl (C=O) groups excluding carboxylic acids is 2. The van der Waals surface area contributed by atoms with Gasteiger partial charge in [-0.25, -0.2) is 9.29 Å². The van der Waals surface area contributed by atoms with Crippen molar-refractivity contribution in [2.75, 3.05) is 12.0 Å². The third-order valence-corrected chi connectivity index (χ3v) is 5.87. The molecule has 0 radical (unpaired) electrons. The van der Waals surface area contributed by atoms with Crippen molar-refractivity contribution in [2.24, 2.45) is 0 Å². The lowest BCUT2D eigenvalue weighted by Gasteiger charge is -2.29. The summed E-state index contributed by atoms with van der Waals surface area (Å²) in [6.07, 6.45) is 1.36. The van der Waals surface area contributed by atoms with Crippen LogP contribution in [0.3, 0.4) is 0 Å². The molecule has 1 saturated heterocycles. The number of hydrogen-bond acceptors (Lipinski definition) is 6. The second-order valence-electron chi connectivity index (χ2n) is 7.68. The van der Waals surface area contributed by atoms with Crippen molar-refractivity contribution in [1.82, 2.24) is 9.88 Å². The fraction of sp³-hybridized carbons (Fsp3) is 0.125. The van der Waals surface area contributed by atoms with Crippen molar-refractivity contribution in [3.05, 3.63) is 87.0 Å². The van der Waals surface area contributed by atoms with E-state index < -0.39 is 22.6 Å². The third kappa shape index (κ3) is 4.17. The molecule has 1 aliphatic heterocycles. The summed E-state index contributed by atoms with van der Waals surface area (Å²) in [7, 11) is 1.41. The zero-order chi connectivity index (χ0) is 25.4. The Morgan fingerprint density at radius 1 is 1.11 bits per heavy atom. The number of carbonyl (C=O) groups is 2. The number of anilines is 1. The van der Waals surface area contributed by atoms with Gasteiger partial charge in [0.2, 0.25) is 0 Å². The quantitative estimate of drug-likeness (QED) is 0.189. The molecule has 4 rings (SSSR count). The number of nitro groups is 1. The van der Waals surface area contributed by atoms with Crippen molar-refractivity contribution in [1.29, 1.82) is 0 Å². The highest BCUT2D eigenvalue weighted by Crippen LogP contribution is 2.32. The topological polar surface area (TPSA) is 107 Å². The molecule has 9 nitrogen and oxygen atoms in total. The molecule has 11 heteroatoms. The molecule has 0 spiro atoms. The lowest BCUT2D eigenvalue weighted by molar-refractivity contribution is -0.384. The Hall–Kier alpha value is -4.38. The van der Waals surface area contributed by atoms with Crippen molar-refractivity contribution >= 4 is 46.6 Å². The summed E-state index contributed by atoms with van der Waals surface area (Å²) in [6, 6.07) is 11.7. The van der Waals surface area contributed by atoms with Crippen LogP contribution in [0.4, 0.5) is 15.8 Å². The van der Waals surface area contributed by atoms with Gasteiger partial charge in [0.1, 0.15) is 22.8 Å². The molecule has 2 amide bonds. The van der Waals surface area contributed by atoms with E-state index in [4.69, 9.17) is 17.0 Å². The number of aryl methyl sites for hydroxylation is 1. The number of nitrogens with zero attached hydrogens (tertiary/aromatic N) is 3. The highest BCUT2D eigenvalue weighted by Gasteiger charge is 2.36. The number of halogens is 1. The second kappa shape index (κ2) is 9.11. The maximum absolute atomic E-state index is 14.4. The highest BCUT2D eigenvalue weighted by molar-refractivity contribution is 7.80. The van der Waals surface area contributed by atoms with Gasteiger partial charge < -0.3 is 9.30 Å². The third-order valence-electron chi connectivity index (χ3n) is 5.59. The molecule has 0 saturated carbocycles. The minimum atomic E-state index is -0.788. The second-order valence-corrected chi connectivity index (χ2v) is 8.07. The van der Waals surface area contributed by atoms with Crippen LogP contribution in [0.2, 0.25) is 0 Å². The van der Waals surface area contributed by atoms with E-state index in [9.17, 15) is 24.1 Å². The smallest absolute Gasteiger partial charge is 0.296 e. The van der Waals surface area contributed by atoms with E-state index >= 15 is 0 Å². The molecular formula is C24H19FN4O5S. The molecule has 0 bridgehead atoms. The van der Waals surface area contributed by atoms with Crippen LogP contribution in [0.5, 0.6) is 5.75 Å². The fourth-order valence-electron chi connectivity index (χ4n) is 3.93. The van der Waals surface area contributed by atoms with E-state index in [0.29, 0.717) is 28.4 Å². The lowest BCUT2D eigenvalue weighted by atomic mass is 10.1. The van der Waals surface area contributed by atoms with Crippen LogP contribution >= 0.6 is 12.2 Å². The van der Waals surface area contributed by atoms with Crippen LogP contribution in [-0.4, -0.2) is 33.5 Å². The van der Waals surface area contributed by atoms with Gasteiger partial charge in [-0.2, -0.15) is 0 Å². The van der Waals surface area contributed by atoms with Crippen LogP contribution < -0.4 is 15.0 Å². The maximum Gasteiger partial charge on any atom is 0.296 e. The minimum Gasteiger partial charge on any atom is -0.496 e. The number of thiocarbonyl (C=S) groups is 1. The standard InChI is InChI=1S/C24H19FN4O5S/c1-13-10-15(14(2)27(13)20-9-8-16(34-3)12-21(20)29(32)33)11-17-22(30)26-24(35)28(23(17)31)19-7-5-4-6-18(19)25/h4-12H,1-3H3,(H,26,30,35). The van der Waals surface area contributed by atoms with E-state index in [1.54, 1.807) is 42.7 Å². The first kappa shape index (κ1) is 23.8. The average molecular weight is 495 g/mol. The number of para-hydroxylation sites is 1. The predicted molar refractivity (Wildman–Crippen MR) is 131 cm³/mol. The molecule has 1 N–H and O–H groups in total. The zero-order valence-corrected chi connectivity index (χ0v) is 19.7. The molecule has 3 aromatic rings. The summed E-state index contributed by atoms with van der Waals surface area (Å²) in [5, 5.41) is 13.9. The van der Waals surface area contributed by atoms with Gasteiger partial charge in [-0.05, 0) is 68.0 Å². The van der Waals surface area contributed by atoms with Gasteiger partial charge in [0, 0.05) is 11.4 Å². The van der Waals surface area contributed by atoms with Gasteiger partial charge in [0.05, 0.1) is 23.8 Å². The van der Waals surface area contributed by atoms with Gasteiger partial charge in [0.15, 0.2) is 5.11 Å². The Labute approximate surface area is 204 Å². The van der Waals surface area contributed by atoms with Crippen LogP contribution in [0.1, 0.15) is 17.0 Å². The number of nitro benzene ring substituents is 1. The monoisotopic (exact) mass is 494 g/mol. The molecular weight excluding hydrogens is 475 g/mol. The van der Waals surface area contributed by atoms with E-state index in [0.717, 1.165) is 4.90 Å². The number of ether oxygens (including phenoxy) is 1. The molecule has 2 heterocycles. The zero-order valence-electron chi connectivity index (χ0n) is 18.9. The van der Waals surface area contributed by atoms with Crippen LogP contribution in [0, 0.1) is 29.8 Å². The maximum atomic E-state index is 14.4. The number of benzene rings is 2. The molecule has 1 aliphatic rings. The summed E-state index contributed by atoms with van der Waals surface area (Å²) < 4.78 is 21.1. The van der Waals surface area contributed by atoms with Crippen molar-refractivity contribution in [3.63, 3.8) is 0 Å². The Bertz CT molecular complexity index is 1450. The van der Waals surface area contributed by atoms with Crippen LogP contribution in [-0.2, 0) is 9.59 Å². The van der Waals surface area contributed by atoms with Gasteiger partial charge >= 0.3 is 0 Å². The van der Waals surface area contributed by atoms with Crippen molar-refractivity contribution in [2.45, 2.75) is 13.8 Å². The first-order valence-corrected chi connectivity index (χ1v) is 10.7. The number of nitrogens with one attached hydrogen (secondary N) is 1. The average Bonchev–Trinajstić information content (AvgIpc) is 3.09. The summed E-state index contributed by atoms with van der Waals surface area (Å²) >= 11 is 5.12. The van der Waals surface area contributed by atoms with E-state index in [2.05, 4.69) is 5.32 Å². The van der Waals surface area contributed by atoms with Gasteiger partial charge in [-0.15, -0.1) is 0 Å². The first-order valence-electron chi connectivity index (χ1n) is 10.3. The van der Waals surface area contributed by atoms with E-state index in [1.165, 1.54) is 37.5 Å². The molecule has 178 valence electrons. The summed E-state index contributed by atoms with van der Waals surface area (Å²) in [4.78, 5) is 38.0.